The SMILES string of the molecule is Cc1cc2c(s1)CC=c1cccnc1=C2N1CCN(C)C(CCc2ccc(C(F)(F)F)cc2)C1. The van der Waals surface area contributed by atoms with Gasteiger partial charge in [0, 0.05) is 53.6 Å². The Balaban J connectivity index is 1.40. The van der Waals surface area contributed by atoms with Gasteiger partial charge in [0.2, 0.25) is 0 Å². The molecule has 0 bridgehead atoms. The van der Waals surface area contributed by atoms with Gasteiger partial charge in [0.05, 0.1) is 16.6 Å². The van der Waals surface area contributed by atoms with E-state index in [0.29, 0.717) is 6.04 Å². The molecule has 178 valence electrons. The first-order chi connectivity index (χ1) is 16.3. The number of aryl methyl sites for hydroxylation is 2. The quantitative estimate of drug-likeness (QED) is 0.554. The monoisotopic (exact) mass is 483 g/mol. The van der Waals surface area contributed by atoms with Crippen LogP contribution in [0, 0.1) is 6.92 Å². The fourth-order valence-corrected chi connectivity index (χ4v) is 6.00. The maximum Gasteiger partial charge on any atom is 0.416 e. The second kappa shape index (κ2) is 9.19. The van der Waals surface area contributed by atoms with Gasteiger partial charge in [-0.2, -0.15) is 13.2 Å². The predicted molar refractivity (Wildman–Crippen MR) is 131 cm³/mol. The molecule has 3 aromatic rings. The average Bonchev–Trinajstić information content (AvgIpc) is 3.11. The smallest absolute Gasteiger partial charge is 0.366 e. The lowest BCUT2D eigenvalue weighted by molar-refractivity contribution is -0.137. The number of halogens is 3. The molecule has 7 heteroatoms. The minimum absolute atomic E-state index is 0.311. The van der Waals surface area contributed by atoms with Gasteiger partial charge in [-0.25, -0.2) is 0 Å². The Morgan fingerprint density at radius 2 is 1.91 bits per heavy atom. The maximum atomic E-state index is 12.9. The van der Waals surface area contributed by atoms with Crippen molar-refractivity contribution in [1.29, 1.82) is 0 Å². The van der Waals surface area contributed by atoms with Gasteiger partial charge in [-0.15, -0.1) is 11.3 Å². The van der Waals surface area contributed by atoms with Crippen LogP contribution in [0.25, 0.3) is 11.8 Å². The summed E-state index contributed by atoms with van der Waals surface area (Å²) >= 11 is 1.86. The minimum atomic E-state index is -4.29. The van der Waals surface area contributed by atoms with E-state index in [2.05, 4.69) is 42.0 Å². The third-order valence-corrected chi connectivity index (χ3v) is 7.97. The van der Waals surface area contributed by atoms with Crippen molar-refractivity contribution >= 4 is 23.1 Å². The molecule has 2 aliphatic rings. The number of aromatic nitrogens is 1. The number of fused-ring (bicyclic) bond motifs is 2. The number of pyridine rings is 1. The van der Waals surface area contributed by atoms with E-state index in [1.165, 1.54) is 38.4 Å². The molecular formula is C27H28F3N3S. The zero-order valence-corrected chi connectivity index (χ0v) is 20.2. The summed E-state index contributed by atoms with van der Waals surface area (Å²) in [6, 6.07) is 12.3. The molecule has 1 unspecified atom stereocenters. The molecule has 34 heavy (non-hydrogen) atoms. The van der Waals surface area contributed by atoms with Gasteiger partial charge >= 0.3 is 6.18 Å². The van der Waals surface area contributed by atoms with Crippen LogP contribution in [0.2, 0.25) is 0 Å². The summed E-state index contributed by atoms with van der Waals surface area (Å²) in [5.41, 5.74) is 2.86. The third-order valence-electron chi connectivity index (χ3n) is 6.90. The second-order valence-electron chi connectivity index (χ2n) is 9.21. The van der Waals surface area contributed by atoms with Crippen LogP contribution in [0.15, 0.2) is 48.7 Å². The molecule has 1 atom stereocenters. The van der Waals surface area contributed by atoms with Crippen molar-refractivity contribution in [2.45, 2.75) is 38.4 Å². The average molecular weight is 484 g/mol. The van der Waals surface area contributed by atoms with E-state index in [4.69, 9.17) is 4.98 Å². The predicted octanol–water partition coefficient (Wildman–Crippen LogP) is 4.21. The zero-order chi connectivity index (χ0) is 23.9. The highest BCUT2D eigenvalue weighted by Crippen LogP contribution is 2.32. The first-order valence-electron chi connectivity index (χ1n) is 11.7. The van der Waals surface area contributed by atoms with E-state index in [1.54, 1.807) is 12.1 Å². The van der Waals surface area contributed by atoms with Crippen molar-refractivity contribution in [3.05, 3.63) is 85.7 Å². The lowest BCUT2D eigenvalue weighted by Crippen LogP contribution is -2.52. The number of hydrogen-bond donors (Lipinski definition) is 0. The molecule has 0 radical (unpaired) electrons. The Kier molecular flexibility index (Phi) is 6.25. The molecule has 1 fully saturated rings. The van der Waals surface area contributed by atoms with E-state index < -0.39 is 11.7 Å². The summed E-state index contributed by atoms with van der Waals surface area (Å²) in [5, 5.41) is 2.23. The number of hydrogen-bond acceptors (Lipinski definition) is 4. The van der Waals surface area contributed by atoms with Gasteiger partial charge < -0.3 is 4.90 Å². The second-order valence-corrected chi connectivity index (χ2v) is 10.5. The number of likely N-dealkylation sites (N-methyl/N-ethyl adjacent to an activating group) is 1. The van der Waals surface area contributed by atoms with Gasteiger partial charge in [0.1, 0.15) is 0 Å². The number of piperazine rings is 1. The van der Waals surface area contributed by atoms with Crippen molar-refractivity contribution in [2.24, 2.45) is 0 Å². The molecule has 0 spiro atoms. The fraction of sp³-hybridized carbons (Fsp3) is 0.370. The standard InChI is InChI=1S/C27H28F3N3S/c1-18-16-23-24(34-18)12-8-20-4-3-13-31-25(20)26(23)33-15-14-32(2)22(17-33)11-7-19-5-9-21(10-6-19)27(28,29)30/h3-6,8-10,13,16,22H,7,11-12,14-15,17H2,1-2H3. The first kappa shape index (κ1) is 23.1. The van der Waals surface area contributed by atoms with Crippen LogP contribution in [-0.4, -0.2) is 47.5 Å². The lowest BCUT2D eigenvalue weighted by atomic mass is 10.00. The van der Waals surface area contributed by atoms with E-state index in [-0.39, 0.29) is 0 Å². The van der Waals surface area contributed by atoms with Gasteiger partial charge in [0.25, 0.3) is 0 Å². The van der Waals surface area contributed by atoms with Crippen molar-refractivity contribution in [3.63, 3.8) is 0 Å². The third kappa shape index (κ3) is 4.64. The first-order valence-corrected chi connectivity index (χ1v) is 12.5. The molecule has 1 aliphatic heterocycles. The molecule has 3 heterocycles. The molecule has 2 aromatic heterocycles. The van der Waals surface area contributed by atoms with Crippen LogP contribution in [0.4, 0.5) is 13.2 Å². The highest BCUT2D eigenvalue weighted by atomic mass is 32.1. The van der Waals surface area contributed by atoms with E-state index >= 15 is 0 Å². The van der Waals surface area contributed by atoms with Gasteiger partial charge in [-0.05, 0) is 61.9 Å². The molecule has 1 saturated heterocycles. The number of alkyl halides is 3. The van der Waals surface area contributed by atoms with Gasteiger partial charge in [-0.3, -0.25) is 9.88 Å². The molecule has 5 rings (SSSR count). The normalized spacial score (nSPS) is 18.8. The summed E-state index contributed by atoms with van der Waals surface area (Å²) in [7, 11) is 2.15. The molecule has 0 N–H and O–H groups in total. The molecule has 0 saturated carbocycles. The van der Waals surface area contributed by atoms with Crippen LogP contribution in [-0.2, 0) is 19.0 Å². The van der Waals surface area contributed by atoms with Crippen molar-refractivity contribution in [3.8, 4) is 0 Å². The fourth-order valence-electron chi connectivity index (χ4n) is 5.00. The van der Waals surface area contributed by atoms with Crippen LogP contribution < -0.4 is 10.6 Å². The highest BCUT2D eigenvalue weighted by Gasteiger charge is 2.31. The van der Waals surface area contributed by atoms with Crippen LogP contribution in [0.1, 0.15) is 32.9 Å². The lowest BCUT2D eigenvalue weighted by Gasteiger charge is -2.41. The summed E-state index contributed by atoms with van der Waals surface area (Å²) in [4.78, 5) is 12.3. The maximum absolute atomic E-state index is 12.9. The number of thiophene rings is 1. The highest BCUT2D eigenvalue weighted by molar-refractivity contribution is 7.12. The zero-order valence-electron chi connectivity index (χ0n) is 19.4. The topological polar surface area (TPSA) is 19.4 Å². The minimum Gasteiger partial charge on any atom is -0.366 e. The van der Waals surface area contributed by atoms with Crippen LogP contribution >= 0.6 is 11.3 Å². The summed E-state index contributed by atoms with van der Waals surface area (Å²) in [6.45, 7) is 4.89. The Hall–Kier alpha value is -2.64. The molecule has 1 aliphatic carbocycles. The largest absolute Gasteiger partial charge is 0.416 e. The summed E-state index contributed by atoms with van der Waals surface area (Å²) in [5.74, 6) is 0. The van der Waals surface area contributed by atoms with Gasteiger partial charge in [0.15, 0.2) is 0 Å². The van der Waals surface area contributed by atoms with Crippen LogP contribution in [0.5, 0.6) is 0 Å². The number of nitrogens with zero attached hydrogens (tertiary/aromatic N) is 3. The summed E-state index contributed by atoms with van der Waals surface area (Å²) in [6.07, 6.45) is 2.42. The Morgan fingerprint density at radius 1 is 1.12 bits per heavy atom. The van der Waals surface area contributed by atoms with Crippen molar-refractivity contribution < 1.29 is 13.2 Å². The number of benzene rings is 1. The molecule has 3 nitrogen and oxygen atoms in total. The Morgan fingerprint density at radius 3 is 2.68 bits per heavy atom. The van der Waals surface area contributed by atoms with E-state index in [0.717, 1.165) is 49.8 Å². The summed E-state index contributed by atoms with van der Waals surface area (Å²) < 4.78 is 38.7. The Labute approximate surface area is 201 Å². The van der Waals surface area contributed by atoms with Gasteiger partial charge in [-0.1, -0.05) is 24.3 Å². The van der Waals surface area contributed by atoms with E-state index in [9.17, 15) is 13.2 Å². The van der Waals surface area contributed by atoms with Crippen LogP contribution in [0.3, 0.4) is 0 Å². The molecule has 0 amide bonds. The van der Waals surface area contributed by atoms with Crippen molar-refractivity contribution in [2.75, 3.05) is 26.7 Å². The molecule has 1 aromatic carbocycles. The van der Waals surface area contributed by atoms with Crippen molar-refractivity contribution in [1.82, 2.24) is 14.8 Å². The van der Waals surface area contributed by atoms with E-state index in [1.807, 2.05) is 23.6 Å². The number of rotatable bonds is 4. The molecular weight excluding hydrogens is 455 g/mol. The Bertz CT molecular complexity index is 1290.